The van der Waals surface area contributed by atoms with E-state index in [-0.39, 0.29) is 11.6 Å². The molecule has 6 heteroatoms. The number of hydrogen-bond acceptors (Lipinski definition) is 6. The molecule has 1 rings (SSSR count). The molecule has 0 aliphatic heterocycles. The molecule has 0 fully saturated rings. The fraction of sp³-hybridized carbons (Fsp3) is 0.714. The first-order valence-corrected chi connectivity index (χ1v) is 3.89. The Morgan fingerprint density at radius 1 is 1.54 bits per heavy atom. The molecule has 0 saturated carbocycles. The van der Waals surface area contributed by atoms with E-state index < -0.39 is 0 Å². The van der Waals surface area contributed by atoms with Crippen LogP contribution in [0.3, 0.4) is 0 Å². The first kappa shape index (κ1) is 9.79. The van der Waals surface area contributed by atoms with E-state index in [1.807, 2.05) is 13.8 Å². The molecule has 1 aromatic rings. The van der Waals surface area contributed by atoms with Crippen LogP contribution in [-0.2, 0) is 4.74 Å². The van der Waals surface area contributed by atoms with Gasteiger partial charge in [0.25, 0.3) is 0 Å². The molecular formula is C7H14N4O2. The van der Waals surface area contributed by atoms with E-state index in [1.54, 1.807) is 7.11 Å². The Kier molecular flexibility index (Phi) is 2.72. The van der Waals surface area contributed by atoms with Crippen molar-refractivity contribution in [1.82, 2.24) is 10.2 Å². The van der Waals surface area contributed by atoms with Crippen LogP contribution in [0.25, 0.3) is 0 Å². The van der Waals surface area contributed by atoms with Gasteiger partial charge in [0.1, 0.15) is 0 Å². The highest BCUT2D eigenvalue weighted by Gasteiger charge is 2.19. The molecule has 0 amide bonds. The van der Waals surface area contributed by atoms with Crippen LogP contribution < -0.4 is 11.1 Å². The fourth-order valence-electron chi connectivity index (χ4n) is 0.971. The highest BCUT2D eigenvalue weighted by Crippen LogP contribution is 2.14. The van der Waals surface area contributed by atoms with Gasteiger partial charge in [-0.05, 0) is 13.8 Å². The second kappa shape index (κ2) is 3.61. The van der Waals surface area contributed by atoms with Gasteiger partial charge in [-0.15, -0.1) is 0 Å². The molecule has 0 unspecified atom stereocenters. The molecule has 1 heterocycles. The normalized spacial score (nSPS) is 11.6. The molecule has 0 atom stereocenters. The SMILES string of the molecule is COCC(C)(C)Nc1nnc(N)o1. The van der Waals surface area contributed by atoms with Gasteiger partial charge in [-0.2, -0.15) is 0 Å². The summed E-state index contributed by atoms with van der Waals surface area (Å²) in [5.74, 6) is 0. The number of nitrogens with two attached hydrogens (primary N) is 1. The Balaban J connectivity index is 2.57. The Labute approximate surface area is 76.5 Å². The van der Waals surface area contributed by atoms with Crippen LogP contribution in [0.4, 0.5) is 12.0 Å². The average Bonchev–Trinajstić information content (AvgIpc) is 2.34. The van der Waals surface area contributed by atoms with Crippen LogP contribution >= 0.6 is 0 Å². The third kappa shape index (κ3) is 2.90. The second-order valence-electron chi connectivity index (χ2n) is 3.39. The minimum Gasteiger partial charge on any atom is -0.390 e. The zero-order valence-electron chi connectivity index (χ0n) is 8.00. The van der Waals surface area contributed by atoms with Gasteiger partial charge < -0.3 is 20.2 Å². The van der Waals surface area contributed by atoms with Crippen molar-refractivity contribution in [3.8, 4) is 0 Å². The van der Waals surface area contributed by atoms with E-state index in [0.717, 1.165) is 0 Å². The molecule has 0 aliphatic rings. The number of nitrogen functional groups attached to an aromatic ring is 1. The maximum absolute atomic E-state index is 5.26. The van der Waals surface area contributed by atoms with Crippen molar-refractivity contribution in [3.63, 3.8) is 0 Å². The standard InChI is InChI=1S/C7H14N4O2/c1-7(2,4-12-3)9-6-11-10-5(8)13-6/h4H2,1-3H3,(H2,8,10)(H,9,11). The highest BCUT2D eigenvalue weighted by atomic mass is 16.5. The zero-order valence-corrected chi connectivity index (χ0v) is 8.00. The maximum atomic E-state index is 5.26. The van der Waals surface area contributed by atoms with Crippen LogP contribution in [0.15, 0.2) is 4.42 Å². The van der Waals surface area contributed by atoms with Crippen molar-refractivity contribution >= 4 is 12.0 Å². The molecule has 3 N–H and O–H groups in total. The average molecular weight is 186 g/mol. The van der Waals surface area contributed by atoms with E-state index in [0.29, 0.717) is 12.6 Å². The van der Waals surface area contributed by atoms with E-state index in [9.17, 15) is 0 Å². The summed E-state index contributed by atoms with van der Waals surface area (Å²) in [5, 5.41) is 10.2. The topological polar surface area (TPSA) is 86.2 Å². The van der Waals surface area contributed by atoms with Gasteiger partial charge in [0, 0.05) is 7.11 Å². The monoisotopic (exact) mass is 186 g/mol. The number of methoxy groups -OCH3 is 1. The first-order chi connectivity index (χ1) is 6.03. The lowest BCUT2D eigenvalue weighted by atomic mass is 10.1. The van der Waals surface area contributed by atoms with Crippen molar-refractivity contribution in [2.75, 3.05) is 24.8 Å². The van der Waals surface area contributed by atoms with E-state index in [2.05, 4.69) is 15.5 Å². The Morgan fingerprint density at radius 3 is 2.69 bits per heavy atom. The van der Waals surface area contributed by atoms with Gasteiger partial charge in [-0.3, -0.25) is 0 Å². The summed E-state index contributed by atoms with van der Waals surface area (Å²) < 4.78 is 9.96. The number of ether oxygens (including phenoxy) is 1. The van der Waals surface area contributed by atoms with Gasteiger partial charge in [0.05, 0.1) is 12.1 Å². The molecule has 6 nitrogen and oxygen atoms in total. The zero-order chi connectivity index (χ0) is 9.90. The molecular weight excluding hydrogens is 172 g/mol. The molecule has 0 aromatic carbocycles. The molecule has 74 valence electrons. The Hall–Kier alpha value is -1.30. The summed E-state index contributed by atoms with van der Waals surface area (Å²) in [4.78, 5) is 0. The van der Waals surface area contributed by atoms with Crippen molar-refractivity contribution in [2.45, 2.75) is 19.4 Å². The minimum absolute atomic E-state index is 0.0516. The molecule has 0 bridgehead atoms. The molecule has 0 radical (unpaired) electrons. The third-order valence-corrected chi connectivity index (χ3v) is 1.39. The van der Waals surface area contributed by atoms with Crippen molar-refractivity contribution in [1.29, 1.82) is 0 Å². The molecule has 1 aromatic heterocycles. The van der Waals surface area contributed by atoms with Crippen molar-refractivity contribution in [3.05, 3.63) is 0 Å². The fourth-order valence-corrected chi connectivity index (χ4v) is 0.971. The Morgan fingerprint density at radius 2 is 2.23 bits per heavy atom. The lowest BCUT2D eigenvalue weighted by Crippen LogP contribution is -2.35. The lowest BCUT2D eigenvalue weighted by Gasteiger charge is -2.23. The third-order valence-electron chi connectivity index (χ3n) is 1.39. The lowest BCUT2D eigenvalue weighted by molar-refractivity contribution is 0.157. The van der Waals surface area contributed by atoms with Crippen LogP contribution in [0.5, 0.6) is 0 Å². The van der Waals surface area contributed by atoms with Crippen LogP contribution in [0, 0.1) is 0 Å². The quantitative estimate of drug-likeness (QED) is 0.711. The van der Waals surface area contributed by atoms with Crippen LogP contribution in [0.2, 0.25) is 0 Å². The number of nitrogens with zero attached hydrogens (tertiary/aromatic N) is 2. The van der Waals surface area contributed by atoms with Crippen LogP contribution in [0.1, 0.15) is 13.8 Å². The summed E-state index contributed by atoms with van der Waals surface area (Å²) in [5.41, 5.74) is 5.00. The van der Waals surface area contributed by atoms with Crippen molar-refractivity contribution in [2.24, 2.45) is 0 Å². The predicted molar refractivity (Wildman–Crippen MR) is 48.3 cm³/mol. The second-order valence-corrected chi connectivity index (χ2v) is 3.39. The largest absolute Gasteiger partial charge is 0.390 e. The first-order valence-electron chi connectivity index (χ1n) is 3.89. The van der Waals surface area contributed by atoms with E-state index >= 15 is 0 Å². The Bertz CT molecular complexity index is 271. The van der Waals surface area contributed by atoms with E-state index in [4.69, 9.17) is 14.9 Å². The van der Waals surface area contributed by atoms with Gasteiger partial charge in [-0.25, -0.2) is 0 Å². The summed E-state index contributed by atoms with van der Waals surface area (Å²) in [6, 6.07) is 0.357. The number of rotatable bonds is 4. The highest BCUT2D eigenvalue weighted by molar-refractivity contribution is 5.26. The van der Waals surface area contributed by atoms with E-state index in [1.165, 1.54) is 0 Å². The smallest absolute Gasteiger partial charge is 0.317 e. The van der Waals surface area contributed by atoms with Crippen molar-refractivity contribution < 1.29 is 9.15 Å². The molecule has 0 spiro atoms. The number of nitrogens with one attached hydrogen (secondary N) is 1. The number of hydrogen-bond donors (Lipinski definition) is 2. The van der Waals surface area contributed by atoms with Crippen LogP contribution in [-0.4, -0.2) is 29.5 Å². The molecule has 0 aliphatic carbocycles. The van der Waals surface area contributed by atoms with Gasteiger partial charge in [0.15, 0.2) is 0 Å². The molecule has 0 saturated heterocycles. The van der Waals surface area contributed by atoms with Gasteiger partial charge in [-0.1, -0.05) is 10.2 Å². The number of aromatic nitrogens is 2. The summed E-state index contributed by atoms with van der Waals surface area (Å²) in [6.07, 6.45) is 0. The minimum atomic E-state index is -0.256. The predicted octanol–water partition coefficient (Wildman–Crippen LogP) is 0.489. The van der Waals surface area contributed by atoms with Gasteiger partial charge >= 0.3 is 12.0 Å². The number of anilines is 2. The summed E-state index contributed by atoms with van der Waals surface area (Å²) >= 11 is 0. The summed E-state index contributed by atoms with van der Waals surface area (Å²) in [6.45, 7) is 4.45. The summed E-state index contributed by atoms with van der Waals surface area (Å²) in [7, 11) is 1.63. The van der Waals surface area contributed by atoms with Gasteiger partial charge in [0.2, 0.25) is 0 Å². The maximum Gasteiger partial charge on any atom is 0.317 e. The molecule has 13 heavy (non-hydrogen) atoms.